The van der Waals surface area contributed by atoms with Gasteiger partial charge in [0.05, 0.1) is 0 Å². The molecular formula is C12H18N2O3. The average Bonchev–Trinajstić information content (AvgIpc) is 2.28. The van der Waals surface area contributed by atoms with Crippen LogP contribution in [0.3, 0.4) is 0 Å². The molecule has 5 nitrogen and oxygen atoms in total. The molecule has 0 atom stereocenters. The molecule has 1 rings (SSSR count). The molecule has 0 amide bonds. The molecule has 0 saturated heterocycles. The average molecular weight is 238 g/mol. The number of pyridine rings is 1. The van der Waals surface area contributed by atoms with E-state index in [1.807, 2.05) is 13.8 Å². The summed E-state index contributed by atoms with van der Waals surface area (Å²) in [6, 6.07) is 3.43. The predicted molar refractivity (Wildman–Crippen MR) is 64.4 cm³/mol. The van der Waals surface area contributed by atoms with Crippen LogP contribution in [-0.4, -0.2) is 30.3 Å². The van der Waals surface area contributed by atoms with Gasteiger partial charge in [-0.05, 0) is 31.5 Å². The van der Waals surface area contributed by atoms with Gasteiger partial charge in [-0.15, -0.1) is 0 Å². The summed E-state index contributed by atoms with van der Waals surface area (Å²) in [7, 11) is 0. The zero-order valence-corrected chi connectivity index (χ0v) is 10.2. The Bertz CT molecular complexity index is 363. The fraction of sp³-hybridized carbons (Fsp3) is 0.500. The minimum atomic E-state index is -0.792. The molecule has 0 aliphatic heterocycles. The third-order valence-electron chi connectivity index (χ3n) is 2.12. The molecular weight excluding hydrogens is 220 g/mol. The Kier molecular flexibility index (Phi) is 5.59. The van der Waals surface area contributed by atoms with Gasteiger partial charge in [0.15, 0.2) is 5.78 Å². The summed E-state index contributed by atoms with van der Waals surface area (Å²) in [5.74, 6) is 0.291. The highest BCUT2D eigenvalue weighted by atomic mass is 16.7. The molecule has 1 aromatic rings. The summed E-state index contributed by atoms with van der Waals surface area (Å²) in [4.78, 5) is 15.8. The van der Waals surface area contributed by atoms with Crippen LogP contribution in [0.25, 0.3) is 0 Å². The molecule has 0 saturated carbocycles. The van der Waals surface area contributed by atoms with Crippen LogP contribution in [0.1, 0.15) is 19.4 Å². The number of ether oxygens (including phenoxy) is 2. The van der Waals surface area contributed by atoms with Crippen molar-refractivity contribution in [2.45, 2.75) is 26.6 Å². The fourth-order valence-corrected chi connectivity index (χ4v) is 1.43. The summed E-state index contributed by atoms with van der Waals surface area (Å²) in [5, 5.41) is 0. The molecule has 0 spiro atoms. The second-order valence-corrected chi connectivity index (χ2v) is 3.47. The summed E-state index contributed by atoms with van der Waals surface area (Å²) in [6.07, 6.45) is 1.02. The number of aromatic nitrogens is 1. The van der Waals surface area contributed by atoms with Crippen LogP contribution < -0.4 is 5.73 Å². The Morgan fingerprint density at radius 1 is 1.41 bits per heavy atom. The lowest BCUT2D eigenvalue weighted by molar-refractivity contribution is -0.167. The van der Waals surface area contributed by atoms with Gasteiger partial charge in [-0.25, -0.2) is 4.98 Å². The van der Waals surface area contributed by atoms with Crippen molar-refractivity contribution in [3.63, 3.8) is 0 Å². The normalized spacial score (nSPS) is 10.8. The minimum absolute atomic E-state index is 0.112. The van der Waals surface area contributed by atoms with Gasteiger partial charge < -0.3 is 15.2 Å². The molecule has 0 bridgehead atoms. The highest BCUT2D eigenvalue weighted by Crippen LogP contribution is 2.07. The van der Waals surface area contributed by atoms with Crippen molar-refractivity contribution in [3.05, 3.63) is 23.9 Å². The van der Waals surface area contributed by atoms with Gasteiger partial charge in [0.1, 0.15) is 5.82 Å². The SMILES string of the molecule is CCOC(OCC)C(=O)Cc1ccnc(N)c1. The minimum Gasteiger partial charge on any atom is -0.384 e. The Hall–Kier alpha value is -1.46. The Labute approximate surface area is 101 Å². The summed E-state index contributed by atoms with van der Waals surface area (Å²) in [5.41, 5.74) is 6.35. The number of anilines is 1. The van der Waals surface area contributed by atoms with E-state index < -0.39 is 6.29 Å². The summed E-state index contributed by atoms with van der Waals surface area (Å²) >= 11 is 0. The van der Waals surface area contributed by atoms with Crippen molar-refractivity contribution in [2.24, 2.45) is 0 Å². The van der Waals surface area contributed by atoms with E-state index in [-0.39, 0.29) is 12.2 Å². The molecule has 0 aliphatic rings. The van der Waals surface area contributed by atoms with E-state index in [9.17, 15) is 4.79 Å². The van der Waals surface area contributed by atoms with Crippen molar-refractivity contribution in [2.75, 3.05) is 18.9 Å². The molecule has 1 aromatic heterocycles. The van der Waals surface area contributed by atoms with Crippen LogP contribution >= 0.6 is 0 Å². The monoisotopic (exact) mass is 238 g/mol. The molecule has 0 aliphatic carbocycles. The van der Waals surface area contributed by atoms with Crippen LogP contribution in [-0.2, 0) is 20.7 Å². The highest BCUT2D eigenvalue weighted by molar-refractivity contribution is 5.84. The zero-order chi connectivity index (χ0) is 12.7. The Morgan fingerprint density at radius 3 is 2.59 bits per heavy atom. The van der Waals surface area contributed by atoms with Crippen molar-refractivity contribution in [1.29, 1.82) is 0 Å². The fourth-order valence-electron chi connectivity index (χ4n) is 1.43. The summed E-state index contributed by atoms with van der Waals surface area (Å²) in [6.45, 7) is 4.53. The van der Waals surface area contributed by atoms with Gasteiger partial charge in [0.25, 0.3) is 0 Å². The predicted octanol–water partition coefficient (Wildman–Crippen LogP) is 1.17. The number of nitrogen functional groups attached to an aromatic ring is 1. The largest absolute Gasteiger partial charge is 0.384 e. The summed E-state index contributed by atoms with van der Waals surface area (Å²) < 4.78 is 10.5. The highest BCUT2D eigenvalue weighted by Gasteiger charge is 2.18. The van der Waals surface area contributed by atoms with Gasteiger partial charge in [0.2, 0.25) is 6.29 Å². The van der Waals surface area contributed by atoms with Crippen molar-refractivity contribution >= 4 is 11.6 Å². The topological polar surface area (TPSA) is 74.4 Å². The van der Waals surface area contributed by atoms with E-state index in [2.05, 4.69) is 4.98 Å². The van der Waals surface area contributed by atoms with E-state index in [1.165, 1.54) is 0 Å². The zero-order valence-electron chi connectivity index (χ0n) is 10.2. The van der Waals surface area contributed by atoms with Crippen molar-refractivity contribution in [1.82, 2.24) is 4.98 Å². The van der Waals surface area contributed by atoms with Crippen molar-refractivity contribution in [3.8, 4) is 0 Å². The number of nitrogens with two attached hydrogens (primary N) is 1. The first-order chi connectivity index (χ1) is 8.17. The number of carbonyl (C=O) groups is 1. The first-order valence-electron chi connectivity index (χ1n) is 5.63. The molecule has 5 heteroatoms. The number of carbonyl (C=O) groups excluding carboxylic acids is 1. The van der Waals surface area contributed by atoms with Gasteiger partial charge in [-0.2, -0.15) is 0 Å². The second-order valence-electron chi connectivity index (χ2n) is 3.47. The molecule has 0 radical (unpaired) electrons. The molecule has 0 unspecified atom stereocenters. The standard InChI is InChI=1S/C12H18N2O3/c1-3-16-12(17-4-2)10(15)7-9-5-6-14-11(13)8-9/h5-6,8,12H,3-4,7H2,1-2H3,(H2,13,14). The Morgan fingerprint density at radius 2 is 2.06 bits per heavy atom. The van der Waals surface area contributed by atoms with E-state index in [0.717, 1.165) is 5.56 Å². The third-order valence-corrected chi connectivity index (χ3v) is 2.12. The molecule has 0 fully saturated rings. The third kappa shape index (κ3) is 4.50. The van der Waals surface area contributed by atoms with E-state index in [4.69, 9.17) is 15.2 Å². The van der Waals surface area contributed by atoms with Crippen LogP contribution in [0.4, 0.5) is 5.82 Å². The smallest absolute Gasteiger partial charge is 0.218 e. The molecule has 94 valence electrons. The Balaban J connectivity index is 2.62. The van der Waals surface area contributed by atoms with Gasteiger partial charge in [0, 0.05) is 25.8 Å². The van der Waals surface area contributed by atoms with Crippen LogP contribution in [0.15, 0.2) is 18.3 Å². The van der Waals surface area contributed by atoms with E-state index in [0.29, 0.717) is 19.0 Å². The number of hydrogen-bond acceptors (Lipinski definition) is 5. The van der Waals surface area contributed by atoms with Crippen LogP contribution in [0, 0.1) is 0 Å². The van der Waals surface area contributed by atoms with Crippen molar-refractivity contribution < 1.29 is 14.3 Å². The lowest BCUT2D eigenvalue weighted by Crippen LogP contribution is -2.29. The van der Waals surface area contributed by atoms with Gasteiger partial charge >= 0.3 is 0 Å². The molecule has 0 aromatic carbocycles. The van der Waals surface area contributed by atoms with Crippen LogP contribution in [0.5, 0.6) is 0 Å². The maximum Gasteiger partial charge on any atom is 0.218 e. The maximum absolute atomic E-state index is 11.9. The van der Waals surface area contributed by atoms with Crippen LogP contribution in [0.2, 0.25) is 0 Å². The number of nitrogens with zero attached hydrogens (tertiary/aromatic N) is 1. The first-order valence-corrected chi connectivity index (χ1v) is 5.63. The number of Topliss-reactive ketones (excluding diaryl/α,β-unsaturated/α-hetero) is 1. The van der Waals surface area contributed by atoms with Gasteiger partial charge in [-0.3, -0.25) is 4.79 Å². The second kappa shape index (κ2) is 6.98. The van der Waals surface area contributed by atoms with E-state index >= 15 is 0 Å². The lowest BCUT2D eigenvalue weighted by Gasteiger charge is -2.15. The number of rotatable bonds is 7. The quantitative estimate of drug-likeness (QED) is 0.722. The van der Waals surface area contributed by atoms with E-state index in [1.54, 1.807) is 18.3 Å². The lowest BCUT2D eigenvalue weighted by atomic mass is 10.1. The van der Waals surface area contributed by atoms with Gasteiger partial charge in [-0.1, -0.05) is 0 Å². The first kappa shape index (κ1) is 13.6. The molecule has 2 N–H and O–H groups in total. The maximum atomic E-state index is 11.9. The number of ketones is 1. The molecule has 1 heterocycles. The number of hydrogen-bond donors (Lipinski definition) is 1. The molecule has 17 heavy (non-hydrogen) atoms.